The number of nitrogens with one attached hydrogen (secondary N) is 2. The van der Waals surface area contributed by atoms with Crippen LogP contribution in [0.3, 0.4) is 0 Å². The van der Waals surface area contributed by atoms with Crippen LogP contribution >= 0.6 is 11.3 Å². The Balaban J connectivity index is 1.52. The van der Waals surface area contributed by atoms with Crippen molar-refractivity contribution >= 4 is 44.8 Å². The molecule has 2 N–H and O–H groups in total. The van der Waals surface area contributed by atoms with Gasteiger partial charge in [0.2, 0.25) is 5.91 Å². The van der Waals surface area contributed by atoms with Gasteiger partial charge in [-0.15, -0.1) is 11.3 Å². The summed E-state index contributed by atoms with van der Waals surface area (Å²) in [7, 11) is 0.472. The first-order chi connectivity index (χ1) is 16.3. The zero-order chi connectivity index (χ0) is 24.7. The largest absolute Gasteiger partial charge is 0.385 e. The molecular weight excluding hydrogens is 474 g/mol. The standard InChI is InChI=1S/C23H31N5O4S2/c1-16-14-27(9-10-28(16)17(2)29)15-19-13-25-23(33-19)26-22(30)21(24)18-5-7-20(8-6-18)34(31)12-4-11-32-3/h5-8,13,16,24H,4,9-12,14-15H2,1-3H3,(H,25,26,30)/t16-,34?/m0/s1. The van der Waals surface area contributed by atoms with Gasteiger partial charge >= 0.3 is 0 Å². The molecule has 9 nitrogen and oxygen atoms in total. The zero-order valence-corrected chi connectivity index (χ0v) is 21.3. The molecule has 2 atom stereocenters. The van der Waals surface area contributed by atoms with Crippen LogP contribution in [-0.2, 0) is 31.7 Å². The number of amides is 2. The fourth-order valence-electron chi connectivity index (χ4n) is 3.82. The van der Waals surface area contributed by atoms with Gasteiger partial charge in [-0.3, -0.25) is 29.4 Å². The SMILES string of the molecule is COCCCS(=O)c1ccc(C(=N)C(=O)Nc2ncc(CN3CCN(C(C)=O)[C@@H](C)C3)s2)cc1. The fraction of sp³-hybridized carbons (Fsp3) is 0.478. The molecule has 1 unspecified atom stereocenters. The number of carbonyl (C=O) groups is 2. The molecule has 0 bridgehead atoms. The minimum atomic E-state index is -1.14. The van der Waals surface area contributed by atoms with Gasteiger partial charge in [0.1, 0.15) is 5.71 Å². The van der Waals surface area contributed by atoms with Crippen molar-refractivity contribution in [1.29, 1.82) is 5.41 Å². The van der Waals surface area contributed by atoms with Crippen LogP contribution in [0.5, 0.6) is 0 Å². The van der Waals surface area contributed by atoms with E-state index in [4.69, 9.17) is 10.1 Å². The highest BCUT2D eigenvalue weighted by molar-refractivity contribution is 7.85. The van der Waals surface area contributed by atoms with E-state index in [0.717, 1.165) is 18.0 Å². The second-order valence-electron chi connectivity index (χ2n) is 8.18. The van der Waals surface area contributed by atoms with Gasteiger partial charge in [-0.1, -0.05) is 12.1 Å². The lowest BCUT2D eigenvalue weighted by Crippen LogP contribution is -2.52. The Kier molecular flexibility index (Phi) is 9.45. The zero-order valence-electron chi connectivity index (χ0n) is 19.7. The maximum atomic E-state index is 12.6. The molecule has 1 fully saturated rings. The second-order valence-corrected chi connectivity index (χ2v) is 10.9. The van der Waals surface area contributed by atoms with Gasteiger partial charge in [0.25, 0.3) is 5.91 Å². The van der Waals surface area contributed by atoms with E-state index in [1.165, 1.54) is 11.3 Å². The molecule has 1 aliphatic rings. The van der Waals surface area contributed by atoms with Crippen molar-refractivity contribution < 1.29 is 18.5 Å². The van der Waals surface area contributed by atoms with E-state index in [1.54, 1.807) is 44.5 Å². The van der Waals surface area contributed by atoms with Crippen molar-refractivity contribution in [2.24, 2.45) is 0 Å². The Hall–Kier alpha value is -2.47. The van der Waals surface area contributed by atoms with Crippen molar-refractivity contribution in [2.45, 2.75) is 37.8 Å². The summed E-state index contributed by atoms with van der Waals surface area (Å²) < 4.78 is 17.3. The number of nitrogens with zero attached hydrogens (tertiary/aromatic N) is 3. The Bertz CT molecular complexity index is 1040. The highest BCUT2D eigenvalue weighted by atomic mass is 32.2. The van der Waals surface area contributed by atoms with Gasteiger partial charge in [-0.25, -0.2) is 4.98 Å². The summed E-state index contributed by atoms with van der Waals surface area (Å²) in [6.45, 7) is 7.19. The number of carbonyl (C=O) groups excluding carboxylic acids is 2. The summed E-state index contributed by atoms with van der Waals surface area (Å²) in [5.74, 6) is 0.0592. The molecule has 2 heterocycles. The molecule has 1 aromatic heterocycles. The van der Waals surface area contributed by atoms with Gasteiger partial charge in [0.15, 0.2) is 5.13 Å². The first-order valence-electron chi connectivity index (χ1n) is 11.1. The average Bonchev–Trinajstić information content (AvgIpc) is 3.25. The third-order valence-corrected chi connectivity index (χ3v) is 7.94. The lowest BCUT2D eigenvalue weighted by atomic mass is 10.1. The quantitative estimate of drug-likeness (QED) is 0.378. The molecule has 1 aliphatic heterocycles. The van der Waals surface area contributed by atoms with Gasteiger partial charge in [0, 0.05) is 80.1 Å². The molecule has 0 radical (unpaired) electrons. The maximum Gasteiger partial charge on any atom is 0.275 e. The predicted octanol–water partition coefficient (Wildman–Crippen LogP) is 2.35. The van der Waals surface area contributed by atoms with Crippen LogP contribution < -0.4 is 5.32 Å². The fourth-order valence-corrected chi connectivity index (χ4v) is 5.72. The van der Waals surface area contributed by atoms with Crippen LogP contribution in [0.25, 0.3) is 0 Å². The summed E-state index contributed by atoms with van der Waals surface area (Å²) in [5, 5.41) is 11.4. The molecule has 1 aromatic carbocycles. The van der Waals surface area contributed by atoms with Gasteiger partial charge < -0.3 is 9.64 Å². The van der Waals surface area contributed by atoms with E-state index in [0.29, 0.717) is 47.5 Å². The number of ether oxygens (including phenoxy) is 1. The van der Waals surface area contributed by atoms with Crippen molar-refractivity contribution in [3.05, 3.63) is 40.9 Å². The van der Waals surface area contributed by atoms with Crippen LogP contribution in [0, 0.1) is 5.41 Å². The first kappa shape index (κ1) is 26.1. The topological polar surface area (TPSA) is 116 Å². The van der Waals surface area contributed by atoms with Crippen molar-refractivity contribution in [3.8, 4) is 0 Å². The maximum absolute atomic E-state index is 12.6. The van der Waals surface area contributed by atoms with E-state index >= 15 is 0 Å². The molecule has 3 rings (SSSR count). The smallest absolute Gasteiger partial charge is 0.275 e. The third-order valence-electron chi connectivity index (χ3n) is 5.58. The van der Waals surface area contributed by atoms with Gasteiger partial charge in [-0.2, -0.15) is 0 Å². The number of aromatic nitrogens is 1. The summed E-state index contributed by atoms with van der Waals surface area (Å²) in [6, 6.07) is 6.82. The van der Waals surface area contributed by atoms with Crippen LogP contribution in [0.15, 0.2) is 35.4 Å². The highest BCUT2D eigenvalue weighted by Crippen LogP contribution is 2.22. The molecule has 0 saturated carbocycles. The van der Waals surface area contributed by atoms with Crippen LogP contribution in [0.1, 0.15) is 30.7 Å². The van der Waals surface area contributed by atoms with E-state index in [-0.39, 0.29) is 17.7 Å². The van der Waals surface area contributed by atoms with Crippen molar-refractivity contribution in [1.82, 2.24) is 14.8 Å². The lowest BCUT2D eigenvalue weighted by molar-refractivity contribution is -0.133. The predicted molar refractivity (Wildman–Crippen MR) is 134 cm³/mol. The Labute approximate surface area is 206 Å². The van der Waals surface area contributed by atoms with Crippen LogP contribution in [-0.4, -0.2) is 81.7 Å². The minimum absolute atomic E-state index is 0.0994. The molecule has 11 heteroatoms. The number of hydrogen-bond donors (Lipinski definition) is 2. The van der Waals surface area contributed by atoms with Gasteiger partial charge in [0.05, 0.1) is 10.8 Å². The molecule has 0 aliphatic carbocycles. The molecule has 34 heavy (non-hydrogen) atoms. The third kappa shape index (κ3) is 7.02. The van der Waals surface area contributed by atoms with E-state index in [2.05, 4.69) is 15.2 Å². The number of rotatable bonds is 10. The summed E-state index contributed by atoms with van der Waals surface area (Å²) in [4.78, 5) is 34.3. The number of methoxy groups -OCH3 is 1. The number of anilines is 1. The Morgan fingerprint density at radius 1 is 1.29 bits per heavy atom. The minimum Gasteiger partial charge on any atom is -0.385 e. The number of benzene rings is 1. The van der Waals surface area contributed by atoms with Crippen LogP contribution in [0.2, 0.25) is 0 Å². The Morgan fingerprint density at radius 2 is 2.03 bits per heavy atom. The molecule has 2 aromatic rings. The lowest BCUT2D eigenvalue weighted by Gasteiger charge is -2.39. The van der Waals surface area contributed by atoms with Gasteiger partial charge in [-0.05, 0) is 25.5 Å². The number of thiazole rings is 1. The van der Waals surface area contributed by atoms with E-state index in [1.807, 2.05) is 11.8 Å². The van der Waals surface area contributed by atoms with Crippen molar-refractivity contribution in [3.63, 3.8) is 0 Å². The summed E-state index contributed by atoms with van der Waals surface area (Å²) in [5.41, 5.74) is 0.270. The molecular formula is C23H31N5O4S2. The molecule has 2 amide bonds. The monoisotopic (exact) mass is 505 g/mol. The Morgan fingerprint density at radius 3 is 2.68 bits per heavy atom. The molecule has 184 valence electrons. The molecule has 1 saturated heterocycles. The molecule has 0 spiro atoms. The number of hydrogen-bond acceptors (Lipinski definition) is 8. The number of piperazine rings is 1. The van der Waals surface area contributed by atoms with E-state index in [9.17, 15) is 13.8 Å². The normalized spacial score (nSPS) is 17.4. The van der Waals surface area contributed by atoms with Crippen molar-refractivity contribution in [2.75, 3.05) is 44.4 Å². The second kappa shape index (κ2) is 12.3. The average molecular weight is 506 g/mol. The van der Waals surface area contributed by atoms with E-state index < -0.39 is 16.7 Å². The highest BCUT2D eigenvalue weighted by Gasteiger charge is 2.25. The summed E-state index contributed by atoms with van der Waals surface area (Å²) >= 11 is 1.38. The first-order valence-corrected chi connectivity index (χ1v) is 13.2. The van der Waals surface area contributed by atoms with Crippen LogP contribution in [0.4, 0.5) is 5.13 Å². The summed E-state index contributed by atoms with van der Waals surface area (Å²) in [6.07, 6.45) is 2.44.